The third-order valence-corrected chi connectivity index (χ3v) is 3.38. The van der Waals surface area contributed by atoms with Gasteiger partial charge in [0.25, 0.3) is 0 Å². The van der Waals surface area contributed by atoms with E-state index in [2.05, 4.69) is 10.6 Å². The maximum absolute atomic E-state index is 12.0. The first-order valence-electron chi connectivity index (χ1n) is 7.61. The summed E-state index contributed by atoms with van der Waals surface area (Å²) in [5.74, 6) is 0.301. The Hall–Kier alpha value is -1.52. The summed E-state index contributed by atoms with van der Waals surface area (Å²) in [5.41, 5.74) is -0.523. The number of rotatable bonds is 5. The van der Waals surface area contributed by atoms with Crippen LogP contribution in [0.1, 0.15) is 47.5 Å². The van der Waals surface area contributed by atoms with Gasteiger partial charge >= 0.3 is 6.09 Å². The number of hydrogen-bond donors (Lipinski definition) is 2. The van der Waals surface area contributed by atoms with Crippen LogP contribution in [0.25, 0.3) is 0 Å². The monoisotopic (exact) mass is 296 g/mol. The van der Waals surface area contributed by atoms with Gasteiger partial charge in [0, 0.05) is 12.5 Å². The Balaban J connectivity index is 2.42. The van der Waals surface area contributed by atoms with Gasteiger partial charge in [0.05, 0.1) is 6.04 Å². The van der Waals surface area contributed by atoms with Gasteiger partial charge in [-0.1, -0.05) is 26.0 Å². The first-order valence-corrected chi connectivity index (χ1v) is 7.61. The van der Waals surface area contributed by atoms with Gasteiger partial charge in [-0.15, -0.1) is 0 Å². The van der Waals surface area contributed by atoms with Gasteiger partial charge in [0.2, 0.25) is 5.91 Å². The molecule has 0 spiro atoms. The van der Waals surface area contributed by atoms with Crippen molar-refractivity contribution in [3.8, 4) is 0 Å². The molecule has 1 rings (SSSR count). The van der Waals surface area contributed by atoms with Gasteiger partial charge in [-0.05, 0) is 39.5 Å². The smallest absolute Gasteiger partial charge is 0.407 e. The van der Waals surface area contributed by atoms with E-state index in [0.717, 1.165) is 12.8 Å². The molecule has 0 saturated heterocycles. The molecule has 2 N–H and O–H groups in total. The fourth-order valence-corrected chi connectivity index (χ4v) is 2.10. The lowest BCUT2D eigenvalue weighted by Gasteiger charge is -2.26. The quantitative estimate of drug-likeness (QED) is 0.766. The number of hydrogen-bond acceptors (Lipinski definition) is 3. The molecule has 21 heavy (non-hydrogen) atoms. The average Bonchev–Trinajstić information content (AvgIpc) is 2.85. The highest BCUT2D eigenvalue weighted by atomic mass is 16.6. The van der Waals surface area contributed by atoms with Crippen LogP contribution < -0.4 is 10.6 Å². The third-order valence-electron chi connectivity index (χ3n) is 3.38. The van der Waals surface area contributed by atoms with Crippen LogP contribution in [0.2, 0.25) is 0 Å². The van der Waals surface area contributed by atoms with Crippen molar-refractivity contribution in [2.75, 3.05) is 6.54 Å². The van der Waals surface area contributed by atoms with Crippen LogP contribution in [-0.2, 0) is 9.53 Å². The van der Waals surface area contributed by atoms with Gasteiger partial charge in [-0.25, -0.2) is 4.79 Å². The van der Waals surface area contributed by atoms with Gasteiger partial charge < -0.3 is 15.4 Å². The molecule has 5 nitrogen and oxygen atoms in total. The molecule has 0 aromatic heterocycles. The lowest BCUT2D eigenvalue weighted by Crippen LogP contribution is -2.48. The number of ether oxygens (including phenoxy) is 1. The fourth-order valence-electron chi connectivity index (χ4n) is 2.10. The van der Waals surface area contributed by atoms with E-state index < -0.39 is 11.7 Å². The Bertz CT molecular complexity index is 389. The standard InChI is InChI=1S/C16H28N2O3/c1-11(2)13(18-15(20)21-16(3,4)5)10-17-14(19)12-8-6-7-9-12/h6-7,11-13H,8-10H2,1-5H3,(H,17,19)(H,18,20)/t13-/m1/s1. The SMILES string of the molecule is CC(C)[C@@H](CNC(=O)C1CC=CC1)NC(=O)OC(C)(C)C. The summed E-state index contributed by atoms with van der Waals surface area (Å²) in [6, 6.07) is -0.141. The molecule has 2 amide bonds. The Morgan fingerprint density at radius 1 is 1.24 bits per heavy atom. The van der Waals surface area contributed by atoms with E-state index in [1.54, 1.807) is 0 Å². The van der Waals surface area contributed by atoms with E-state index in [4.69, 9.17) is 4.74 Å². The second-order valence-corrected chi connectivity index (χ2v) is 6.88. The van der Waals surface area contributed by atoms with Crippen molar-refractivity contribution in [2.24, 2.45) is 11.8 Å². The van der Waals surface area contributed by atoms with Gasteiger partial charge in [0.1, 0.15) is 5.60 Å². The normalized spacial score (nSPS) is 16.9. The highest BCUT2D eigenvalue weighted by molar-refractivity contribution is 5.79. The minimum Gasteiger partial charge on any atom is -0.444 e. The molecule has 0 aromatic rings. The van der Waals surface area contributed by atoms with Gasteiger partial charge in [0.15, 0.2) is 0 Å². The molecule has 0 radical (unpaired) electrons. The molecule has 0 aromatic carbocycles. The summed E-state index contributed by atoms with van der Waals surface area (Å²) >= 11 is 0. The van der Waals surface area contributed by atoms with Crippen molar-refractivity contribution in [1.29, 1.82) is 0 Å². The van der Waals surface area contributed by atoms with E-state index in [1.807, 2.05) is 46.8 Å². The molecule has 0 aliphatic heterocycles. The Kier molecular flexibility index (Phi) is 6.24. The molecule has 0 heterocycles. The summed E-state index contributed by atoms with van der Waals surface area (Å²) < 4.78 is 5.25. The number of amides is 2. The summed E-state index contributed by atoms with van der Waals surface area (Å²) in [5, 5.41) is 5.75. The maximum atomic E-state index is 12.0. The zero-order valence-corrected chi connectivity index (χ0v) is 13.7. The van der Waals surface area contributed by atoms with Crippen molar-refractivity contribution in [1.82, 2.24) is 10.6 Å². The molecule has 0 saturated carbocycles. The van der Waals surface area contributed by atoms with E-state index in [0.29, 0.717) is 6.54 Å². The summed E-state index contributed by atoms with van der Waals surface area (Å²) in [4.78, 5) is 23.8. The number of carbonyl (C=O) groups excluding carboxylic acids is 2. The second-order valence-electron chi connectivity index (χ2n) is 6.88. The average molecular weight is 296 g/mol. The second kappa shape index (κ2) is 7.48. The summed E-state index contributed by atoms with van der Waals surface area (Å²) in [6.45, 7) is 9.91. The van der Waals surface area contributed by atoms with E-state index in [1.165, 1.54) is 0 Å². The van der Waals surface area contributed by atoms with Crippen LogP contribution in [-0.4, -0.2) is 30.2 Å². The first-order chi connectivity index (χ1) is 9.69. The predicted octanol–water partition coefficient (Wildman–Crippen LogP) is 2.62. The van der Waals surface area contributed by atoms with Crippen molar-refractivity contribution in [3.05, 3.63) is 12.2 Å². The molecule has 1 atom stereocenters. The summed E-state index contributed by atoms with van der Waals surface area (Å²) in [7, 11) is 0. The maximum Gasteiger partial charge on any atom is 0.407 e. The number of alkyl carbamates (subject to hydrolysis) is 1. The molecule has 120 valence electrons. The molecule has 0 bridgehead atoms. The fraction of sp³-hybridized carbons (Fsp3) is 0.750. The van der Waals surface area contributed by atoms with Crippen LogP contribution in [0.5, 0.6) is 0 Å². The van der Waals surface area contributed by atoms with Crippen molar-refractivity contribution in [3.63, 3.8) is 0 Å². The molecule has 1 aliphatic carbocycles. The van der Waals surface area contributed by atoms with E-state index >= 15 is 0 Å². The van der Waals surface area contributed by atoms with Gasteiger partial charge in [-0.3, -0.25) is 4.79 Å². The van der Waals surface area contributed by atoms with Gasteiger partial charge in [-0.2, -0.15) is 0 Å². The number of carbonyl (C=O) groups is 2. The van der Waals surface area contributed by atoms with Crippen LogP contribution >= 0.6 is 0 Å². The Labute approximate surface area is 127 Å². The number of allylic oxidation sites excluding steroid dienone is 2. The molecule has 1 aliphatic rings. The van der Waals surface area contributed by atoms with Crippen molar-refractivity contribution >= 4 is 12.0 Å². The topological polar surface area (TPSA) is 67.4 Å². The summed E-state index contributed by atoms with van der Waals surface area (Å²) in [6.07, 6.45) is 5.22. The molecule has 0 unspecified atom stereocenters. The van der Waals surface area contributed by atoms with Crippen LogP contribution in [0.15, 0.2) is 12.2 Å². The van der Waals surface area contributed by atoms with E-state index in [-0.39, 0.29) is 23.8 Å². The van der Waals surface area contributed by atoms with Crippen molar-refractivity contribution < 1.29 is 14.3 Å². The number of nitrogens with one attached hydrogen (secondary N) is 2. The zero-order valence-electron chi connectivity index (χ0n) is 13.7. The first kappa shape index (κ1) is 17.5. The molecule has 5 heteroatoms. The minimum absolute atomic E-state index is 0.0411. The largest absolute Gasteiger partial charge is 0.444 e. The third kappa shape index (κ3) is 6.65. The lowest BCUT2D eigenvalue weighted by molar-refractivity contribution is -0.124. The predicted molar refractivity (Wildman–Crippen MR) is 82.9 cm³/mol. The van der Waals surface area contributed by atoms with Crippen LogP contribution in [0.3, 0.4) is 0 Å². The molecular formula is C16H28N2O3. The molecular weight excluding hydrogens is 268 g/mol. The minimum atomic E-state index is -0.523. The molecule has 0 fully saturated rings. The van der Waals surface area contributed by atoms with Crippen LogP contribution in [0, 0.1) is 11.8 Å². The highest BCUT2D eigenvalue weighted by Gasteiger charge is 2.24. The highest BCUT2D eigenvalue weighted by Crippen LogP contribution is 2.17. The van der Waals surface area contributed by atoms with Crippen molar-refractivity contribution in [2.45, 2.75) is 59.1 Å². The van der Waals surface area contributed by atoms with E-state index in [9.17, 15) is 9.59 Å². The Morgan fingerprint density at radius 2 is 1.81 bits per heavy atom. The zero-order chi connectivity index (χ0) is 16.0. The lowest BCUT2D eigenvalue weighted by atomic mass is 10.0. The van der Waals surface area contributed by atoms with Crippen LogP contribution in [0.4, 0.5) is 4.79 Å². The Morgan fingerprint density at radius 3 is 2.29 bits per heavy atom.